The van der Waals surface area contributed by atoms with Gasteiger partial charge in [0.25, 0.3) is 0 Å². The lowest BCUT2D eigenvalue weighted by Gasteiger charge is -2.00. The Morgan fingerprint density at radius 2 is 2.10 bits per heavy atom. The van der Waals surface area contributed by atoms with E-state index in [1.54, 1.807) is 0 Å². The first kappa shape index (κ1) is 9.60. The molecule has 1 atom stereocenters. The highest BCUT2D eigenvalue weighted by Crippen LogP contribution is 1.95. The van der Waals surface area contributed by atoms with Crippen molar-refractivity contribution in [3.05, 3.63) is 0 Å². The summed E-state index contributed by atoms with van der Waals surface area (Å²) >= 11 is 8.84. The Kier molecular flexibility index (Phi) is 6.45. The summed E-state index contributed by atoms with van der Waals surface area (Å²) in [5.74, 6) is 0. The van der Waals surface area contributed by atoms with Crippen molar-refractivity contribution in [2.75, 3.05) is 6.54 Å². The third kappa shape index (κ3) is 4.48. The van der Waals surface area contributed by atoms with Gasteiger partial charge in [-0.15, -0.1) is 0 Å². The molecule has 0 saturated carbocycles. The van der Waals surface area contributed by atoms with Crippen LogP contribution in [0.3, 0.4) is 0 Å². The highest BCUT2D eigenvalue weighted by Gasteiger charge is 1.99. The minimum absolute atomic E-state index is 0.132. The molecule has 2 nitrogen and oxygen atoms in total. The van der Waals surface area contributed by atoms with Gasteiger partial charge in [0.2, 0.25) is 0 Å². The number of nitrogens with zero attached hydrogens (tertiary/aromatic N) is 2. The van der Waals surface area contributed by atoms with E-state index >= 15 is 0 Å². The summed E-state index contributed by atoms with van der Waals surface area (Å²) in [5, 5.41) is 4.59. The minimum atomic E-state index is 0.132. The molecule has 0 rings (SSSR count). The molecule has 4 heteroatoms. The van der Waals surface area contributed by atoms with Gasteiger partial charge in [0.1, 0.15) is 0 Å². The maximum Gasteiger partial charge on any atom is 0.0803 e. The van der Waals surface area contributed by atoms with E-state index in [-0.39, 0.29) is 6.04 Å². The molecule has 54 valence electrons. The van der Waals surface area contributed by atoms with Gasteiger partial charge >= 0.3 is 0 Å². The predicted octanol–water partition coefficient (Wildman–Crippen LogP) is 1.97. The third-order valence-electron chi connectivity index (χ3n) is 1.07. The number of rotatable bonds is 4. The molecule has 0 heterocycles. The van der Waals surface area contributed by atoms with Crippen LogP contribution in [-0.4, -0.2) is 22.9 Å². The highest BCUT2D eigenvalue weighted by atomic mass is 32.1. The Morgan fingerprint density at radius 3 is 2.50 bits per heavy atom. The van der Waals surface area contributed by atoms with Crippen molar-refractivity contribution in [3.8, 4) is 0 Å². The van der Waals surface area contributed by atoms with Gasteiger partial charge in [0.05, 0.1) is 22.9 Å². The van der Waals surface area contributed by atoms with Crippen molar-refractivity contribution in [2.45, 2.75) is 19.4 Å². The Morgan fingerprint density at radius 1 is 1.40 bits per heavy atom. The zero-order valence-electron chi connectivity index (χ0n) is 5.70. The van der Waals surface area contributed by atoms with Gasteiger partial charge in [0.15, 0.2) is 0 Å². The second kappa shape index (κ2) is 6.72. The van der Waals surface area contributed by atoms with Gasteiger partial charge in [-0.25, -0.2) is 9.98 Å². The molecule has 0 aliphatic carbocycles. The van der Waals surface area contributed by atoms with Crippen LogP contribution in [0.1, 0.15) is 13.3 Å². The fourth-order valence-corrected chi connectivity index (χ4v) is 0.702. The summed E-state index contributed by atoms with van der Waals surface area (Å²) in [6.07, 6.45) is 0.907. The molecule has 0 bridgehead atoms. The fraction of sp³-hybridized carbons (Fsp3) is 0.667. The molecule has 0 aromatic heterocycles. The number of hydrogen-bond acceptors (Lipinski definition) is 4. The molecule has 0 aliphatic rings. The largest absolute Gasteiger partial charge is 0.230 e. The van der Waals surface area contributed by atoms with Crippen molar-refractivity contribution in [1.82, 2.24) is 0 Å². The summed E-state index contributed by atoms with van der Waals surface area (Å²) in [4.78, 5) is 7.61. The molecule has 0 fully saturated rings. The van der Waals surface area contributed by atoms with E-state index in [1.807, 2.05) is 6.92 Å². The smallest absolute Gasteiger partial charge is 0.0803 e. The predicted molar refractivity (Wildman–Crippen MR) is 49.0 cm³/mol. The lowest BCUT2D eigenvalue weighted by atomic mass is 10.2. The molecule has 0 amide bonds. The van der Waals surface area contributed by atoms with Gasteiger partial charge in [0, 0.05) is 0 Å². The number of isothiocyanates is 2. The van der Waals surface area contributed by atoms with Crippen molar-refractivity contribution >= 4 is 34.8 Å². The first-order valence-electron chi connectivity index (χ1n) is 2.95. The fourth-order valence-electron chi connectivity index (χ4n) is 0.478. The number of hydrogen-bond donors (Lipinski definition) is 0. The molecule has 1 unspecified atom stereocenters. The van der Waals surface area contributed by atoms with Crippen LogP contribution >= 0.6 is 24.4 Å². The topological polar surface area (TPSA) is 24.7 Å². The lowest BCUT2D eigenvalue weighted by molar-refractivity contribution is 0.670. The molecular formula is C6H8N2S2. The van der Waals surface area contributed by atoms with E-state index in [0.29, 0.717) is 6.54 Å². The zero-order valence-corrected chi connectivity index (χ0v) is 7.34. The van der Waals surface area contributed by atoms with E-state index in [1.165, 1.54) is 0 Å². The summed E-state index contributed by atoms with van der Waals surface area (Å²) < 4.78 is 0. The van der Waals surface area contributed by atoms with Crippen LogP contribution in [0.4, 0.5) is 0 Å². The van der Waals surface area contributed by atoms with Gasteiger partial charge in [-0.3, -0.25) is 0 Å². The highest BCUT2D eigenvalue weighted by molar-refractivity contribution is 7.78. The van der Waals surface area contributed by atoms with Crippen LogP contribution in [0.5, 0.6) is 0 Å². The van der Waals surface area contributed by atoms with E-state index in [9.17, 15) is 0 Å². The number of aliphatic imine (C=N–C) groups is 2. The summed E-state index contributed by atoms with van der Waals surface area (Å²) in [6, 6.07) is 0.132. The maximum absolute atomic E-state index is 4.44. The lowest BCUT2D eigenvalue weighted by Crippen LogP contribution is -2.05. The Hall–Kier alpha value is -0.400. The first-order chi connectivity index (χ1) is 4.85. The summed E-state index contributed by atoms with van der Waals surface area (Å²) in [7, 11) is 0. The van der Waals surface area contributed by atoms with Crippen LogP contribution in [-0.2, 0) is 0 Å². The molecule has 0 N–H and O–H groups in total. The summed E-state index contributed by atoms with van der Waals surface area (Å²) in [6.45, 7) is 2.59. The van der Waals surface area contributed by atoms with E-state index in [4.69, 9.17) is 0 Å². The van der Waals surface area contributed by atoms with Crippen LogP contribution in [0.25, 0.3) is 0 Å². The molecule has 0 aliphatic heterocycles. The van der Waals surface area contributed by atoms with Crippen molar-refractivity contribution in [3.63, 3.8) is 0 Å². The van der Waals surface area contributed by atoms with E-state index < -0.39 is 0 Å². The molecule has 0 radical (unpaired) electrons. The van der Waals surface area contributed by atoms with Crippen molar-refractivity contribution in [2.24, 2.45) is 9.98 Å². The Balaban J connectivity index is 3.81. The van der Waals surface area contributed by atoms with Gasteiger partial charge in [-0.2, -0.15) is 0 Å². The normalized spacial score (nSPS) is 10.9. The van der Waals surface area contributed by atoms with Gasteiger partial charge in [-0.05, 0) is 30.9 Å². The average molecular weight is 172 g/mol. The van der Waals surface area contributed by atoms with Crippen LogP contribution in [0.15, 0.2) is 9.98 Å². The zero-order chi connectivity index (χ0) is 7.82. The first-order valence-corrected chi connectivity index (χ1v) is 3.77. The molecule has 0 aromatic rings. The van der Waals surface area contributed by atoms with Crippen LogP contribution in [0.2, 0.25) is 0 Å². The minimum Gasteiger partial charge on any atom is -0.230 e. The monoisotopic (exact) mass is 172 g/mol. The number of thiocarbonyl (C=S) groups is 2. The second-order valence-electron chi connectivity index (χ2n) is 1.71. The van der Waals surface area contributed by atoms with E-state index in [0.717, 1.165) is 6.42 Å². The molecule has 0 aromatic carbocycles. The molecular weight excluding hydrogens is 164 g/mol. The third-order valence-corrected chi connectivity index (χ3v) is 1.31. The Bertz CT molecular complexity index is 178. The van der Waals surface area contributed by atoms with Crippen LogP contribution < -0.4 is 0 Å². The molecule has 0 spiro atoms. The van der Waals surface area contributed by atoms with Gasteiger partial charge < -0.3 is 0 Å². The maximum atomic E-state index is 4.44. The second-order valence-corrected chi connectivity index (χ2v) is 2.08. The van der Waals surface area contributed by atoms with E-state index in [2.05, 4.69) is 44.7 Å². The molecule has 0 saturated heterocycles. The average Bonchev–Trinajstić information content (AvgIpc) is 1.98. The van der Waals surface area contributed by atoms with Gasteiger partial charge in [-0.1, -0.05) is 6.92 Å². The van der Waals surface area contributed by atoms with Crippen molar-refractivity contribution < 1.29 is 0 Å². The van der Waals surface area contributed by atoms with Crippen molar-refractivity contribution in [1.29, 1.82) is 0 Å². The summed E-state index contributed by atoms with van der Waals surface area (Å²) in [5.41, 5.74) is 0. The molecule has 10 heavy (non-hydrogen) atoms. The standard InChI is InChI=1S/C6H8N2S2/c1-2-6(8-5-10)3-7-4-9/h6H,2-3H2,1H3. The Labute approximate surface area is 71.1 Å². The van der Waals surface area contributed by atoms with Crippen LogP contribution in [0, 0.1) is 0 Å². The SMILES string of the molecule is CCC(CN=C=S)N=C=S. The quantitative estimate of drug-likeness (QED) is 0.478.